The van der Waals surface area contributed by atoms with Crippen molar-refractivity contribution < 1.29 is 4.79 Å². The Kier molecular flexibility index (Phi) is 6.13. The number of hydrogen-bond donors (Lipinski definition) is 2. The molecule has 0 aromatic heterocycles. The van der Waals surface area contributed by atoms with Crippen LogP contribution in [-0.2, 0) is 4.79 Å². The molecule has 106 valence electrons. The van der Waals surface area contributed by atoms with Crippen LogP contribution in [0.3, 0.4) is 0 Å². The predicted octanol–water partition coefficient (Wildman–Crippen LogP) is 2.85. The molecule has 1 unspecified atom stereocenters. The molecular formula is C15H30N2O. The van der Waals surface area contributed by atoms with E-state index in [1.165, 1.54) is 32.1 Å². The summed E-state index contributed by atoms with van der Waals surface area (Å²) in [6.45, 7) is 8.95. The van der Waals surface area contributed by atoms with E-state index in [1.807, 2.05) is 20.8 Å². The fourth-order valence-corrected chi connectivity index (χ4v) is 2.96. The van der Waals surface area contributed by atoms with Crippen molar-refractivity contribution >= 4 is 5.91 Å². The fraction of sp³-hybridized carbons (Fsp3) is 0.933. The van der Waals surface area contributed by atoms with Gasteiger partial charge in [-0.15, -0.1) is 0 Å². The maximum Gasteiger partial charge on any atom is 0.239 e. The fourth-order valence-electron chi connectivity index (χ4n) is 2.96. The van der Waals surface area contributed by atoms with E-state index in [0.717, 1.165) is 13.0 Å². The first-order valence-corrected chi connectivity index (χ1v) is 7.57. The molecule has 0 aromatic rings. The Morgan fingerprint density at radius 3 is 2.33 bits per heavy atom. The van der Waals surface area contributed by atoms with Crippen molar-refractivity contribution in [2.75, 3.05) is 6.54 Å². The molecule has 1 amide bonds. The normalized spacial score (nSPS) is 19.6. The van der Waals surface area contributed by atoms with E-state index in [1.54, 1.807) is 0 Å². The van der Waals surface area contributed by atoms with E-state index >= 15 is 0 Å². The topological polar surface area (TPSA) is 41.1 Å². The molecule has 1 aliphatic carbocycles. The number of carbonyl (C=O) groups is 1. The number of rotatable bonds is 6. The first kappa shape index (κ1) is 15.5. The second kappa shape index (κ2) is 7.13. The summed E-state index contributed by atoms with van der Waals surface area (Å²) >= 11 is 0. The van der Waals surface area contributed by atoms with Crippen LogP contribution in [0.2, 0.25) is 0 Å². The SMILES string of the molecule is CCNC(C)(C)C(=O)NC(CC)C1CCCCC1. The van der Waals surface area contributed by atoms with Crippen LogP contribution in [0.25, 0.3) is 0 Å². The Morgan fingerprint density at radius 2 is 1.83 bits per heavy atom. The summed E-state index contributed by atoms with van der Waals surface area (Å²) in [4.78, 5) is 12.3. The maximum atomic E-state index is 12.3. The van der Waals surface area contributed by atoms with Crippen molar-refractivity contribution in [3.8, 4) is 0 Å². The standard InChI is InChI=1S/C15H30N2O/c1-5-13(12-10-8-7-9-11-12)17-14(18)15(3,4)16-6-2/h12-13,16H,5-11H2,1-4H3,(H,17,18). The third-order valence-corrected chi connectivity index (χ3v) is 4.16. The van der Waals surface area contributed by atoms with Crippen LogP contribution in [0.1, 0.15) is 66.2 Å². The van der Waals surface area contributed by atoms with Crippen molar-refractivity contribution in [2.24, 2.45) is 5.92 Å². The average molecular weight is 254 g/mol. The van der Waals surface area contributed by atoms with Gasteiger partial charge in [0.15, 0.2) is 0 Å². The summed E-state index contributed by atoms with van der Waals surface area (Å²) in [6, 6.07) is 0.357. The Balaban J connectivity index is 2.53. The zero-order valence-corrected chi connectivity index (χ0v) is 12.5. The summed E-state index contributed by atoms with van der Waals surface area (Å²) < 4.78 is 0. The molecule has 1 aliphatic rings. The van der Waals surface area contributed by atoms with Crippen LogP contribution in [0.4, 0.5) is 0 Å². The lowest BCUT2D eigenvalue weighted by atomic mass is 9.82. The summed E-state index contributed by atoms with van der Waals surface area (Å²) in [5.74, 6) is 0.826. The minimum Gasteiger partial charge on any atom is -0.352 e. The molecule has 3 heteroatoms. The van der Waals surface area contributed by atoms with Gasteiger partial charge in [0.1, 0.15) is 0 Å². The van der Waals surface area contributed by atoms with Gasteiger partial charge in [0.25, 0.3) is 0 Å². The number of likely N-dealkylation sites (N-methyl/N-ethyl adjacent to an activating group) is 1. The Bertz CT molecular complexity index is 257. The van der Waals surface area contributed by atoms with Crippen LogP contribution in [0.5, 0.6) is 0 Å². The molecule has 0 spiro atoms. The second-order valence-electron chi connectivity index (χ2n) is 6.04. The molecule has 1 saturated carbocycles. The van der Waals surface area contributed by atoms with E-state index in [9.17, 15) is 4.79 Å². The minimum atomic E-state index is -0.461. The monoisotopic (exact) mass is 254 g/mol. The summed E-state index contributed by atoms with van der Waals surface area (Å²) in [5.41, 5.74) is -0.461. The van der Waals surface area contributed by atoms with Gasteiger partial charge in [-0.2, -0.15) is 0 Å². The van der Waals surface area contributed by atoms with E-state index < -0.39 is 5.54 Å². The first-order valence-electron chi connectivity index (χ1n) is 7.57. The van der Waals surface area contributed by atoms with Gasteiger partial charge in [-0.05, 0) is 45.6 Å². The molecule has 18 heavy (non-hydrogen) atoms. The van der Waals surface area contributed by atoms with E-state index in [4.69, 9.17) is 0 Å². The van der Waals surface area contributed by atoms with Gasteiger partial charge in [0, 0.05) is 6.04 Å². The van der Waals surface area contributed by atoms with Crippen LogP contribution < -0.4 is 10.6 Å². The molecule has 0 radical (unpaired) electrons. The van der Waals surface area contributed by atoms with Gasteiger partial charge in [0.2, 0.25) is 5.91 Å². The van der Waals surface area contributed by atoms with Gasteiger partial charge >= 0.3 is 0 Å². The molecule has 0 aliphatic heterocycles. The Morgan fingerprint density at radius 1 is 1.22 bits per heavy atom. The molecule has 1 atom stereocenters. The number of hydrogen-bond acceptors (Lipinski definition) is 2. The quantitative estimate of drug-likeness (QED) is 0.765. The molecule has 3 nitrogen and oxygen atoms in total. The molecular weight excluding hydrogens is 224 g/mol. The number of amides is 1. The van der Waals surface area contributed by atoms with Crippen LogP contribution in [0.15, 0.2) is 0 Å². The lowest BCUT2D eigenvalue weighted by molar-refractivity contribution is -0.127. The molecule has 1 rings (SSSR count). The Labute approximate surface area is 112 Å². The average Bonchev–Trinajstić information content (AvgIpc) is 2.36. The Hall–Kier alpha value is -0.570. The van der Waals surface area contributed by atoms with Crippen LogP contribution >= 0.6 is 0 Å². The maximum absolute atomic E-state index is 12.3. The first-order chi connectivity index (χ1) is 8.51. The van der Waals surface area contributed by atoms with Gasteiger partial charge in [-0.3, -0.25) is 4.79 Å². The van der Waals surface area contributed by atoms with Crippen LogP contribution in [-0.4, -0.2) is 24.0 Å². The molecule has 0 bridgehead atoms. The van der Waals surface area contributed by atoms with Gasteiger partial charge in [-0.1, -0.05) is 33.1 Å². The summed E-state index contributed by atoms with van der Waals surface area (Å²) in [7, 11) is 0. The molecule has 0 heterocycles. The number of carbonyl (C=O) groups excluding carboxylic acids is 1. The van der Waals surface area contributed by atoms with Crippen molar-refractivity contribution in [3.63, 3.8) is 0 Å². The molecule has 1 fully saturated rings. The third-order valence-electron chi connectivity index (χ3n) is 4.16. The molecule has 0 saturated heterocycles. The summed E-state index contributed by atoms with van der Waals surface area (Å²) in [6.07, 6.45) is 7.62. The van der Waals surface area contributed by atoms with Crippen molar-refractivity contribution in [1.29, 1.82) is 0 Å². The van der Waals surface area contributed by atoms with Crippen molar-refractivity contribution in [2.45, 2.75) is 77.8 Å². The lowest BCUT2D eigenvalue weighted by Crippen LogP contribution is -2.56. The second-order valence-corrected chi connectivity index (χ2v) is 6.04. The van der Waals surface area contributed by atoms with Gasteiger partial charge in [-0.25, -0.2) is 0 Å². The summed E-state index contributed by atoms with van der Waals surface area (Å²) in [5, 5.41) is 6.50. The molecule has 2 N–H and O–H groups in total. The van der Waals surface area contributed by atoms with Crippen molar-refractivity contribution in [1.82, 2.24) is 10.6 Å². The zero-order chi connectivity index (χ0) is 13.6. The van der Waals surface area contributed by atoms with Crippen molar-refractivity contribution in [3.05, 3.63) is 0 Å². The zero-order valence-electron chi connectivity index (χ0n) is 12.5. The largest absolute Gasteiger partial charge is 0.352 e. The molecule has 0 aromatic carbocycles. The predicted molar refractivity (Wildman–Crippen MR) is 76.6 cm³/mol. The lowest BCUT2D eigenvalue weighted by Gasteiger charge is -2.33. The smallest absolute Gasteiger partial charge is 0.239 e. The number of nitrogens with one attached hydrogen (secondary N) is 2. The van der Waals surface area contributed by atoms with Gasteiger partial charge in [0.05, 0.1) is 5.54 Å². The highest BCUT2D eigenvalue weighted by atomic mass is 16.2. The van der Waals surface area contributed by atoms with E-state index in [0.29, 0.717) is 12.0 Å². The van der Waals surface area contributed by atoms with Gasteiger partial charge < -0.3 is 10.6 Å². The minimum absolute atomic E-state index is 0.141. The highest BCUT2D eigenvalue weighted by molar-refractivity contribution is 5.85. The van der Waals surface area contributed by atoms with Crippen LogP contribution in [0, 0.1) is 5.92 Å². The highest BCUT2D eigenvalue weighted by Gasteiger charge is 2.30. The third kappa shape index (κ3) is 4.27. The van der Waals surface area contributed by atoms with E-state index in [-0.39, 0.29) is 5.91 Å². The van der Waals surface area contributed by atoms with E-state index in [2.05, 4.69) is 17.6 Å². The highest BCUT2D eigenvalue weighted by Crippen LogP contribution is 2.27.